The lowest BCUT2D eigenvalue weighted by Crippen LogP contribution is -2.12. The predicted octanol–water partition coefficient (Wildman–Crippen LogP) is 4.21. The average Bonchev–Trinajstić information content (AvgIpc) is 2.67. The van der Waals surface area contributed by atoms with E-state index in [9.17, 15) is 0 Å². The molecule has 1 aromatic carbocycles. The second-order valence-electron chi connectivity index (χ2n) is 4.26. The molecule has 0 fully saturated rings. The molecule has 19 heavy (non-hydrogen) atoms. The number of benzene rings is 1. The number of nitrogens with zero attached hydrogens (tertiary/aromatic N) is 1. The van der Waals surface area contributed by atoms with E-state index in [4.69, 9.17) is 16.0 Å². The van der Waals surface area contributed by atoms with E-state index < -0.39 is 0 Å². The third-order valence-electron chi connectivity index (χ3n) is 2.80. The summed E-state index contributed by atoms with van der Waals surface area (Å²) >= 11 is 7.58. The summed E-state index contributed by atoms with van der Waals surface area (Å²) < 4.78 is 5.61. The molecular weight excluding hydrogens is 280 g/mol. The molecule has 1 aromatic heterocycles. The zero-order valence-corrected chi connectivity index (χ0v) is 12.9. The summed E-state index contributed by atoms with van der Waals surface area (Å²) in [7, 11) is 0. The fraction of sp³-hybridized carbons (Fsp3) is 0.357. The molecular formula is C14H17ClN2OS. The summed E-state index contributed by atoms with van der Waals surface area (Å²) in [6.07, 6.45) is 0. The third kappa shape index (κ3) is 3.75. The second-order valence-corrected chi connectivity index (χ2v) is 5.69. The lowest BCUT2D eigenvalue weighted by molar-refractivity contribution is 0.431. The number of aromatic nitrogens is 1. The van der Waals surface area contributed by atoms with Gasteiger partial charge >= 0.3 is 0 Å². The number of oxazole rings is 1. The van der Waals surface area contributed by atoms with Gasteiger partial charge in [-0.2, -0.15) is 0 Å². The summed E-state index contributed by atoms with van der Waals surface area (Å²) in [5.41, 5.74) is 2.13. The lowest BCUT2D eigenvalue weighted by atomic mass is 10.2. The van der Waals surface area contributed by atoms with E-state index in [1.807, 2.05) is 32.0 Å². The predicted molar refractivity (Wildman–Crippen MR) is 78.9 cm³/mol. The van der Waals surface area contributed by atoms with Crippen molar-refractivity contribution in [1.29, 1.82) is 0 Å². The molecule has 102 valence electrons. The van der Waals surface area contributed by atoms with Gasteiger partial charge < -0.3 is 9.73 Å². The maximum absolute atomic E-state index is 6.07. The standard InChI is InChI=1S/C14H17ClN2OS/c1-4-16-8-11-5-6-12(15)7-13(11)19-14-17-9(2)10(3)18-14/h5-7,16H,4,8H2,1-3H3. The Balaban J connectivity index is 2.24. The monoisotopic (exact) mass is 296 g/mol. The van der Waals surface area contributed by atoms with Crippen molar-refractivity contribution in [2.75, 3.05) is 6.54 Å². The average molecular weight is 297 g/mol. The third-order valence-corrected chi connectivity index (χ3v) is 3.99. The molecule has 1 N–H and O–H groups in total. The van der Waals surface area contributed by atoms with Gasteiger partial charge in [0.2, 0.25) is 0 Å². The minimum atomic E-state index is 0.662. The maximum atomic E-state index is 6.07. The Morgan fingerprint density at radius 1 is 1.37 bits per heavy atom. The van der Waals surface area contributed by atoms with Gasteiger partial charge in [-0.1, -0.05) is 24.6 Å². The van der Waals surface area contributed by atoms with E-state index in [1.165, 1.54) is 17.3 Å². The molecule has 0 bridgehead atoms. The quantitative estimate of drug-likeness (QED) is 0.897. The van der Waals surface area contributed by atoms with Crippen LogP contribution in [0, 0.1) is 13.8 Å². The Labute approximate surface area is 122 Å². The zero-order chi connectivity index (χ0) is 13.8. The van der Waals surface area contributed by atoms with Crippen molar-refractivity contribution in [3.8, 4) is 0 Å². The SMILES string of the molecule is CCNCc1ccc(Cl)cc1Sc1nc(C)c(C)o1. The minimum Gasteiger partial charge on any atom is -0.436 e. The first-order valence-electron chi connectivity index (χ1n) is 6.21. The van der Waals surface area contributed by atoms with E-state index in [-0.39, 0.29) is 0 Å². The van der Waals surface area contributed by atoms with Crippen LogP contribution in [0.25, 0.3) is 0 Å². The fourth-order valence-corrected chi connectivity index (χ4v) is 2.84. The highest BCUT2D eigenvalue weighted by Crippen LogP contribution is 2.32. The van der Waals surface area contributed by atoms with Crippen LogP contribution < -0.4 is 5.32 Å². The van der Waals surface area contributed by atoms with Crippen molar-refractivity contribution in [1.82, 2.24) is 10.3 Å². The highest BCUT2D eigenvalue weighted by Gasteiger charge is 2.11. The van der Waals surface area contributed by atoms with E-state index >= 15 is 0 Å². The van der Waals surface area contributed by atoms with Crippen LogP contribution in [0.4, 0.5) is 0 Å². The maximum Gasteiger partial charge on any atom is 0.261 e. The Hall–Kier alpha value is -0.970. The van der Waals surface area contributed by atoms with Crippen LogP contribution in [-0.2, 0) is 6.54 Å². The molecule has 1 heterocycles. The first kappa shape index (κ1) is 14.4. The highest BCUT2D eigenvalue weighted by atomic mass is 35.5. The molecule has 0 saturated carbocycles. The van der Waals surface area contributed by atoms with Gasteiger partial charge in [0.15, 0.2) is 0 Å². The number of hydrogen-bond donors (Lipinski definition) is 1. The molecule has 5 heteroatoms. The smallest absolute Gasteiger partial charge is 0.261 e. The van der Waals surface area contributed by atoms with Crippen LogP contribution in [0.2, 0.25) is 5.02 Å². The van der Waals surface area contributed by atoms with Crippen LogP contribution in [0.15, 0.2) is 32.7 Å². The largest absolute Gasteiger partial charge is 0.436 e. The van der Waals surface area contributed by atoms with E-state index in [2.05, 4.69) is 17.2 Å². The van der Waals surface area contributed by atoms with Gasteiger partial charge in [0.1, 0.15) is 5.76 Å². The summed E-state index contributed by atoms with van der Waals surface area (Å²) in [5, 5.41) is 4.71. The number of hydrogen-bond acceptors (Lipinski definition) is 4. The van der Waals surface area contributed by atoms with Crippen LogP contribution in [0.3, 0.4) is 0 Å². The molecule has 0 atom stereocenters. The van der Waals surface area contributed by atoms with Gasteiger partial charge in [-0.15, -0.1) is 0 Å². The Morgan fingerprint density at radius 2 is 2.16 bits per heavy atom. The molecule has 0 spiro atoms. The molecule has 3 nitrogen and oxygen atoms in total. The van der Waals surface area contributed by atoms with Gasteiger partial charge in [-0.3, -0.25) is 0 Å². The van der Waals surface area contributed by atoms with Crippen molar-refractivity contribution >= 4 is 23.4 Å². The van der Waals surface area contributed by atoms with Crippen LogP contribution >= 0.6 is 23.4 Å². The first-order valence-corrected chi connectivity index (χ1v) is 7.40. The Bertz CT molecular complexity index is 549. The topological polar surface area (TPSA) is 38.1 Å². The fourth-order valence-electron chi connectivity index (χ4n) is 1.61. The van der Waals surface area contributed by atoms with Crippen molar-refractivity contribution in [2.45, 2.75) is 37.4 Å². The minimum absolute atomic E-state index is 0.662. The lowest BCUT2D eigenvalue weighted by Gasteiger charge is -2.08. The Kier molecular flexibility index (Phi) is 4.91. The number of rotatable bonds is 5. The molecule has 0 aliphatic heterocycles. The molecule has 0 amide bonds. The summed E-state index contributed by atoms with van der Waals surface area (Å²) in [6, 6.07) is 5.90. The molecule has 2 aromatic rings. The van der Waals surface area contributed by atoms with Crippen molar-refractivity contribution in [3.05, 3.63) is 40.2 Å². The van der Waals surface area contributed by atoms with Crippen LogP contribution in [-0.4, -0.2) is 11.5 Å². The van der Waals surface area contributed by atoms with Gasteiger partial charge in [0.25, 0.3) is 5.22 Å². The number of nitrogens with one attached hydrogen (secondary N) is 1. The van der Waals surface area contributed by atoms with Gasteiger partial charge in [0, 0.05) is 16.5 Å². The van der Waals surface area contributed by atoms with Gasteiger partial charge in [-0.05, 0) is 49.9 Å². The summed E-state index contributed by atoms with van der Waals surface area (Å²) in [5.74, 6) is 0.859. The van der Waals surface area contributed by atoms with E-state index in [0.29, 0.717) is 5.22 Å². The second kappa shape index (κ2) is 6.46. The normalized spacial score (nSPS) is 10.9. The van der Waals surface area contributed by atoms with Gasteiger partial charge in [0.05, 0.1) is 5.69 Å². The van der Waals surface area contributed by atoms with Crippen LogP contribution in [0.1, 0.15) is 23.9 Å². The first-order chi connectivity index (χ1) is 9.10. The van der Waals surface area contributed by atoms with Crippen LogP contribution in [0.5, 0.6) is 0 Å². The van der Waals surface area contributed by atoms with E-state index in [1.54, 1.807) is 0 Å². The van der Waals surface area contributed by atoms with E-state index in [0.717, 1.165) is 34.5 Å². The summed E-state index contributed by atoms with van der Waals surface area (Å²) in [4.78, 5) is 5.47. The number of halogens is 1. The molecule has 0 aliphatic rings. The van der Waals surface area contributed by atoms with Gasteiger partial charge in [-0.25, -0.2) is 4.98 Å². The molecule has 0 aliphatic carbocycles. The summed E-state index contributed by atoms with van der Waals surface area (Å²) in [6.45, 7) is 7.70. The van der Waals surface area contributed by atoms with Crippen molar-refractivity contribution in [2.24, 2.45) is 0 Å². The Morgan fingerprint density at radius 3 is 2.79 bits per heavy atom. The zero-order valence-electron chi connectivity index (χ0n) is 11.3. The number of aryl methyl sites for hydroxylation is 2. The molecule has 2 rings (SSSR count). The van der Waals surface area contributed by atoms with Crippen molar-refractivity contribution < 1.29 is 4.42 Å². The molecule has 0 saturated heterocycles. The highest BCUT2D eigenvalue weighted by molar-refractivity contribution is 7.99. The molecule has 0 radical (unpaired) electrons. The van der Waals surface area contributed by atoms with Crippen molar-refractivity contribution in [3.63, 3.8) is 0 Å². The molecule has 0 unspecified atom stereocenters.